The number of carbonyl (C=O) groups excluding carboxylic acids is 1. The summed E-state index contributed by atoms with van der Waals surface area (Å²) in [5.74, 6) is -0.112. The Kier molecular flexibility index (Phi) is 7.61. The standard InChI is InChI=1S/C20H26N4O5S3/c1-16(30-19-10-9-18(15-21-19)31(26,27)22(2)3)20(25)23-11-13-24(14-12-23)32(28,29)17-7-5-4-6-8-17/h4-10,15-16H,11-14H2,1-3H3. The Hall–Kier alpha value is -1.99. The van der Waals surface area contributed by atoms with E-state index in [1.54, 1.807) is 48.2 Å². The molecule has 0 bridgehead atoms. The van der Waals surface area contributed by atoms with Crippen LogP contribution in [0.2, 0.25) is 0 Å². The van der Waals surface area contributed by atoms with Crippen molar-refractivity contribution >= 4 is 37.7 Å². The van der Waals surface area contributed by atoms with Crippen LogP contribution in [0.4, 0.5) is 0 Å². The van der Waals surface area contributed by atoms with Crippen LogP contribution in [-0.2, 0) is 24.8 Å². The smallest absolute Gasteiger partial charge is 0.244 e. The third-order valence-electron chi connectivity index (χ3n) is 5.06. The van der Waals surface area contributed by atoms with Gasteiger partial charge < -0.3 is 4.90 Å². The van der Waals surface area contributed by atoms with Crippen molar-refractivity contribution in [2.24, 2.45) is 0 Å². The normalized spacial score (nSPS) is 16.8. The van der Waals surface area contributed by atoms with Gasteiger partial charge in [0.25, 0.3) is 0 Å². The van der Waals surface area contributed by atoms with Crippen LogP contribution in [0.3, 0.4) is 0 Å². The number of piperazine rings is 1. The maximum Gasteiger partial charge on any atom is 0.244 e. The lowest BCUT2D eigenvalue weighted by atomic mass is 10.3. The molecular weight excluding hydrogens is 472 g/mol. The van der Waals surface area contributed by atoms with Gasteiger partial charge in [-0.05, 0) is 31.2 Å². The second-order valence-electron chi connectivity index (χ2n) is 7.42. The molecule has 1 fully saturated rings. The third kappa shape index (κ3) is 5.31. The topological polar surface area (TPSA) is 108 Å². The molecule has 2 aromatic rings. The summed E-state index contributed by atoms with van der Waals surface area (Å²) in [6, 6.07) is 11.3. The molecule has 0 N–H and O–H groups in total. The van der Waals surface area contributed by atoms with Gasteiger partial charge in [-0.25, -0.2) is 26.1 Å². The van der Waals surface area contributed by atoms with Gasteiger partial charge in [0.15, 0.2) is 0 Å². The average Bonchev–Trinajstić information content (AvgIpc) is 2.79. The van der Waals surface area contributed by atoms with Crippen LogP contribution in [0, 0.1) is 0 Å². The van der Waals surface area contributed by atoms with Crippen LogP contribution in [-0.4, -0.2) is 86.8 Å². The van der Waals surface area contributed by atoms with E-state index in [0.717, 1.165) is 4.31 Å². The molecule has 0 aliphatic carbocycles. The number of hydrogen-bond acceptors (Lipinski definition) is 7. The lowest BCUT2D eigenvalue weighted by molar-refractivity contribution is -0.131. The summed E-state index contributed by atoms with van der Waals surface area (Å²) in [4.78, 5) is 19.0. The molecule has 1 aromatic carbocycles. The van der Waals surface area contributed by atoms with Crippen molar-refractivity contribution in [1.82, 2.24) is 18.5 Å². The molecule has 1 unspecified atom stereocenters. The number of carbonyl (C=O) groups is 1. The highest BCUT2D eigenvalue weighted by Gasteiger charge is 2.31. The molecule has 1 aliphatic rings. The van der Waals surface area contributed by atoms with Crippen molar-refractivity contribution in [2.45, 2.75) is 27.0 Å². The van der Waals surface area contributed by atoms with Crippen LogP contribution >= 0.6 is 11.8 Å². The van der Waals surface area contributed by atoms with E-state index in [1.807, 2.05) is 0 Å². The lowest BCUT2D eigenvalue weighted by Crippen LogP contribution is -2.52. The van der Waals surface area contributed by atoms with Crippen molar-refractivity contribution in [3.63, 3.8) is 0 Å². The van der Waals surface area contributed by atoms with E-state index in [9.17, 15) is 21.6 Å². The molecule has 1 aliphatic heterocycles. The molecule has 1 amide bonds. The van der Waals surface area contributed by atoms with Crippen LogP contribution in [0.15, 0.2) is 63.5 Å². The minimum atomic E-state index is -3.57. The zero-order valence-corrected chi connectivity index (χ0v) is 20.5. The summed E-state index contributed by atoms with van der Waals surface area (Å²) in [5, 5.41) is 0.0879. The van der Waals surface area contributed by atoms with Gasteiger partial charge >= 0.3 is 0 Å². The summed E-state index contributed by atoms with van der Waals surface area (Å²) in [7, 11) is -4.24. The first-order valence-corrected chi connectivity index (χ1v) is 13.7. The van der Waals surface area contributed by atoms with Crippen molar-refractivity contribution in [3.8, 4) is 0 Å². The molecule has 174 valence electrons. The number of rotatable bonds is 7. The third-order valence-corrected chi connectivity index (χ3v) is 9.81. The predicted molar refractivity (Wildman–Crippen MR) is 122 cm³/mol. The Morgan fingerprint density at radius 1 is 0.969 bits per heavy atom. The zero-order valence-electron chi connectivity index (χ0n) is 18.1. The van der Waals surface area contributed by atoms with Gasteiger partial charge in [-0.15, -0.1) is 0 Å². The molecule has 32 heavy (non-hydrogen) atoms. The summed E-state index contributed by atoms with van der Waals surface area (Å²) in [6.07, 6.45) is 1.28. The molecule has 0 spiro atoms. The van der Waals surface area contributed by atoms with Gasteiger partial charge in [0, 0.05) is 46.5 Å². The first-order chi connectivity index (χ1) is 15.0. The summed E-state index contributed by atoms with van der Waals surface area (Å²) < 4.78 is 52.3. The molecule has 1 saturated heterocycles. The highest BCUT2D eigenvalue weighted by atomic mass is 32.2. The average molecular weight is 499 g/mol. The fourth-order valence-electron chi connectivity index (χ4n) is 3.18. The second kappa shape index (κ2) is 9.87. The fraction of sp³-hybridized carbons (Fsp3) is 0.400. The van der Waals surface area contributed by atoms with Gasteiger partial charge in [-0.3, -0.25) is 4.79 Å². The Bertz CT molecular complexity index is 1150. The van der Waals surface area contributed by atoms with E-state index >= 15 is 0 Å². The molecular formula is C20H26N4O5S3. The van der Waals surface area contributed by atoms with E-state index in [4.69, 9.17) is 0 Å². The maximum atomic E-state index is 12.9. The molecule has 2 heterocycles. The first-order valence-electron chi connectivity index (χ1n) is 9.92. The molecule has 1 atom stereocenters. The lowest BCUT2D eigenvalue weighted by Gasteiger charge is -2.35. The predicted octanol–water partition coefficient (Wildman–Crippen LogP) is 1.35. The minimum absolute atomic E-state index is 0.0848. The van der Waals surface area contributed by atoms with E-state index < -0.39 is 25.3 Å². The van der Waals surface area contributed by atoms with Crippen LogP contribution in [0.1, 0.15) is 6.92 Å². The quantitative estimate of drug-likeness (QED) is 0.530. The summed E-state index contributed by atoms with van der Waals surface area (Å²) >= 11 is 1.23. The molecule has 0 radical (unpaired) electrons. The Morgan fingerprint density at radius 3 is 2.12 bits per heavy atom. The molecule has 0 saturated carbocycles. The van der Waals surface area contributed by atoms with Crippen molar-refractivity contribution in [3.05, 3.63) is 48.7 Å². The largest absolute Gasteiger partial charge is 0.339 e. The molecule has 12 heteroatoms. The Labute approximate surface area is 193 Å². The summed E-state index contributed by atoms with van der Waals surface area (Å²) in [6.45, 7) is 2.84. The maximum absolute atomic E-state index is 12.9. The van der Waals surface area contributed by atoms with E-state index in [1.165, 1.54) is 42.4 Å². The Balaban J connectivity index is 1.58. The van der Waals surface area contributed by atoms with E-state index in [-0.39, 0.29) is 28.8 Å². The van der Waals surface area contributed by atoms with Gasteiger partial charge in [-0.1, -0.05) is 30.0 Å². The van der Waals surface area contributed by atoms with Gasteiger partial charge in [0.2, 0.25) is 26.0 Å². The van der Waals surface area contributed by atoms with Crippen LogP contribution in [0.25, 0.3) is 0 Å². The summed E-state index contributed by atoms with van der Waals surface area (Å²) in [5.41, 5.74) is 0. The number of benzene rings is 1. The van der Waals surface area contributed by atoms with Gasteiger partial charge in [-0.2, -0.15) is 4.31 Å². The van der Waals surface area contributed by atoms with E-state index in [2.05, 4.69) is 4.98 Å². The number of amides is 1. The number of hydrogen-bond donors (Lipinski definition) is 0. The van der Waals surface area contributed by atoms with Gasteiger partial charge in [0.05, 0.1) is 15.2 Å². The first kappa shape index (κ1) is 24.6. The molecule has 3 rings (SSSR count). The second-order valence-corrected chi connectivity index (χ2v) is 12.9. The SMILES string of the molecule is CC(Sc1ccc(S(=O)(=O)N(C)C)cn1)C(=O)N1CCN(S(=O)(=O)c2ccccc2)CC1. The molecule has 1 aromatic heterocycles. The van der Waals surface area contributed by atoms with Crippen molar-refractivity contribution in [2.75, 3.05) is 40.3 Å². The van der Waals surface area contributed by atoms with E-state index in [0.29, 0.717) is 18.1 Å². The zero-order chi connectivity index (χ0) is 23.5. The molecule has 9 nitrogen and oxygen atoms in total. The van der Waals surface area contributed by atoms with Gasteiger partial charge in [0.1, 0.15) is 4.90 Å². The van der Waals surface area contributed by atoms with Crippen LogP contribution < -0.4 is 0 Å². The number of aromatic nitrogens is 1. The Morgan fingerprint density at radius 2 is 1.59 bits per heavy atom. The number of sulfonamides is 2. The fourth-order valence-corrected chi connectivity index (χ4v) is 6.34. The van der Waals surface area contributed by atoms with Crippen molar-refractivity contribution < 1.29 is 21.6 Å². The highest BCUT2D eigenvalue weighted by Crippen LogP contribution is 2.25. The minimum Gasteiger partial charge on any atom is -0.339 e. The van der Waals surface area contributed by atoms with Crippen LogP contribution in [0.5, 0.6) is 0 Å². The monoisotopic (exact) mass is 498 g/mol. The number of thioether (sulfide) groups is 1. The number of pyridine rings is 1. The number of nitrogens with zero attached hydrogens (tertiary/aromatic N) is 4. The highest BCUT2D eigenvalue weighted by molar-refractivity contribution is 8.00. The van der Waals surface area contributed by atoms with Crippen molar-refractivity contribution in [1.29, 1.82) is 0 Å².